The molecule has 1 amide bonds. The standard InChI is InChI=1S/C77H84ClN8O11PS/c1-49(2)86(50(3)4)98(94-42-16-35-79)97-65-46-69(95-66(65)48-93-77(54-20-8-7-9-21-54,55-25-30-58(91-5)31-26-55)56-27-32-59(92-6)33-28-56)84-47-53(74(88)81-75(84)89)17-10-11-24-68(87)80-36-41-85-76(62-34-29-57(78)45-67(62)99(85)90)63-43-51-18-12-37-82-39-14-22-60(70(51)82)72(63)96-73-61-23-15-40-83-38-13-19-52(71(61)83)44-64(73)76/h7-9,20-21,25-34,43-45,47,49-50,65-66,69H,11-16,18-19,22-24,36-42,46,48H2,1-6H3,(H,80,87)(H,81,88,89). The Bertz CT molecular complexity index is 4320. The quantitative estimate of drug-likeness (QED) is 0.0281. The summed E-state index contributed by atoms with van der Waals surface area (Å²) in [6.45, 7) is 12.7. The minimum atomic E-state index is -1.81. The highest BCUT2D eigenvalue weighted by atomic mass is 35.5. The maximum Gasteiger partial charge on any atom is 0.330 e. The molecule has 0 bridgehead atoms. The van der Waals surface area contributed by atoms with Gasteiger partial charge in [-0.25, -0.2) is 13.7 Å². The minimum absolute atomic E-state index is 0.000734. The van der Waals surface area contributed by atoms with Crippen molar-refractivity contribution < 1.29 is 41.7 Å². The maximum atomic E-state index is 15.6. The monoisotopic (exact) mass is 1390 g/mol. The molecule has 7 aliphatic heterocycles. The number of anilines is 2. The van der Waals surface area contributed by atoms with E-state index in [1.807, 2.05) is 91.0 Å². The van der Waals surface area contributed by atoms with Crippen molar-refractivity contribution in [3.8, 4) is 40.9 Å². The zero-order chi connectivity index (χ0) is 68.7. The van der Waals surface area contributed by atoms with Crippen LogP contribution in [0.15, 0.2) is 130 Å². The van der Waals surface area contributed by atoms with Gasteiger partial charge in [0.2, 0.25) is 5.91 Å². The Kier molecular flexibility index (Phi) is 20.0. The summed E-state index contributed by atoms with van der Waals surface area (Å²) in [6, 6.07) is 38.0. The molecule has 7 aliphatic rings. The molecular weight excluding hydrogens is 1310 g/mol. The Labute approximate surface area is 587 Å². The summed E-state index contributed by atoms with van der Waals surface area (Å²) in [5, 5.41) is 13.3. The lowest BCUT2D eigenvalue weighted by atomic mass is 9.70. The second-order valence-electron chi connectivity index (χ2n) is 26.9. The Hall–Kier alpha value is -7.85. The van der Waals surface area contributed by atoms with E-state index >= 15 is 4.21 Å². The first-order valence-electron chi connectivity index (χ1n) is 34.7. The average Bonchev–Trinajstić information content (AvgIpc) is 1.60. The number of nitrogens with zero attached hydrogens (tertiary/aromatic N) is 6. The highest BCUT2D eigenvalue weighted by Gasteiger charge is 2.59. The summed E-state index contributed by atoms with van der Waals surface area (Å²) in [5.41, 5.74) is 9.25. The topological polar surface area (TPSA) is 202 Å². The van der Waals surface area contributed by atoms with Gasteiger partial charge >= 0.3 is 5.69 Å². The first-order valence-corrected chi connectivity index (χ1v) is 37.3. The number of aromatic amines is 1. The van der Waals surface area contributed by atoms with E-state index in [0.29, 0.717) is 21.4 Å². The normalized spacial score (nSPS) is 19.7. The van der Waals surface area contributed by atoms with Crippen LogP contribution in [0.4, 0.5) is 11.4 Å². The molecule has 19 nitrogen and oxygen atoms in total. The summed E-state index contributed by atoms with van der Waals surface area (Å²) in [4.78, 5) is 50.1. The van der Waals surface area contributed by atoms with Crippen LogP contribution in [0.25, 0.3) is 0 Å². The SMILES string of the molecule is COc1ccc(C(OCC2OC(n3cc(C#CCCC(=O)NCCN4S(=O)c5cc(Cl)ccc5C45c4cc6c7c(c4Oc4c5cc5c8c4CCCN8CCC5)CCCN7CCC6)c(=O)[nH]c3=O)CC2OP(OCCC#N)N(C(C)C)C(C)C)(c2ccccc2)c2ccc(OC)cc2)cc1. The molecule has 22 heteroatoms. The summed E-state index contributed by atoms with van der Waals surface area (Å²) < 4.78 is 67.7. The number of H-pyrrole nitrogens is 1. The number of benzene rings is 6. The predicted molar refractivity (Wildman–Crippen MR) is 382 cm³/mol. The molecule has 5 unspecified atom stereocenters. The third kappa shape index (κ3) is 12.7. The van der Waals surface area contributed by atoms with Crippen molar-refractivity contribution in [2.24, 2.45) is 0 Å². The van der Waals surface area contributed by atoms with Crippen LogP contribution in [0.2, 0.25) is 5.02 Å². The van der Waals surface area contributed by atoms with Crippen LogP contribution in [-0.4, -0.2) is 120 Å². The van der Waals surface area contributed by atoms with Crippen LogP contribution >= 0.6 is 20.1 Å². The Morgan fingerprint density at radius 1 is 0.798 bits per heavy atom. The van der Waals surface area contributed by atoms with Crippen molar-refractivity contribution in [2.75, 3.05) is 76.5 Å². The third-order valence-corrected chi connectivity index (χ3v) is 24.3. The summed E-state index contributed by atoms with van der Waals surface area (Å²) in [6.07, 6.45) is 6.92. The van der Waals surface area contributed by atoms with E-state index in [1.165, 1.54) is 44.4 Å². The molecule has 2 N–H and O–H groups in total. The van der Waals surface area contributed by atoms with Crippen molar-refractivity contribution in [3.63, 3.8) is 0 Å². The van der Waals surface area contributed by atoms with Crippen LogP contribution in [-0.2, 0) is 71.1 Å². The average molecular weight is 1400 g/mol. The predicted octanol–water partition coefficient (Wildman–Crippen LogP) is 12.2. The molecule has 1 spiro atoms. The molecule has 516 valence electrons. The van der Waals surface area contributed by atoms with Crippen molar-refractivity contribution in [1.29, 1.82) is 5.26 Å². The van der Waals surface area contributed by atoms with Crippen molar-refractivity contribution in [3.05, 3.63) is 202 Å². The van der Waals surface area contributed by atoms with Gasteiger partial charge in [-0.3, -0.25) is 19.1 Å². The van der Waals surface area contributed by atoms with Gasteiger partial charge < -0.3 is 47.8 Å². The fourth-order valence-corrected chi connectivity index (χ4v) is 19.8. The number of rotatable bonds is 22. The highest BCUT2D eigenvalue weighted by molar-refractivity contribution is 7.83. The van der Waals surface area contributed by atoms with Gasteiger partial charge in [0.15, 0.2) is 0 Å². The smallest absolute Gasteiger partial charge is 0.330 e. The number of methoxy groups -OCH3 is 2. The zero-order valence-corrected chi connectivity index (χ0v) is 59.4. The number of hydrogen-bond donors (Lipinski definition) is 2. The number of ether oxygens (including phenoxy) is 5. The minimum Gasteiger partial charge on any atom is -0.497 e. The van der Waals surface area contributed by atoms with Gasteiger partial charge in [-0.15, -0.1) is 0 Å². The fourth-order valence-electron chi connectivity index (χ4n) is 16.1. The van der Waals surface area contributed by atoms with E-state index in [0.717, 1.165) is 122 Å². The van der Waals surface area contributed by atoms with E-state index in [9.17, 15) is 19.6 Å². The van der Waals surface area contributed by atoms with Crippen molar-refractivity contribution in [2.45, 2.75) is 151 Å². The lowest BCUT2D eigenvalue weighted by molar-refractivity contribution is -0.121. The summed E-state index contributed by atoms with van der Waals surface area (Å²) >= 11 is 6.82. The van der Waals surface area contributed by atoms with E-state index in [-0.39, 0.29) is 75.5 Å². The van der Waals surface area contributed by atoms with Crippen LogP contribution in [0, 0.1) is 23.2 Å². The van der Waals surface area contributed by atoms with Gasteiger partial charge in [-0.1, -0.05) is 84.1 Å². The van der Waals surface area contributed by atoms with Crippen LogP contribution in [0.3, 0.4) is 0 Å². The number of hydrogen-bond acceptors (Lipinski definition) is 15. The number of carbonyl (C=O) groups is 1. The largest absolute Gasteiger partial charge is 0.497 e. The number of fused-ring (bicyclic) bond motifs is 8. The summed E-state index contributed by atoms with van der Waals surface area (Å²) in [7, 11) is -0.278. The lowest BCUT2D eigenvalue weighted by Crippen LogP contribution is -2.49. The van der Waals surface area contributed by atoms with Crippen LogP contribution < -0.4 is 40.6 Å². The third-order valence-electron chi connectivity index (χ3n) is 20.3. The van der Waals surface area contributed by atoms with E-state index < -0.39 is 60.3 Å². The molecule has 7 aromatic rings. The molecule has 6 aromatic carbocycles. The van der Waals surface area contributed by atoms with Crippen molar-refractivity contribution in [1.82, 2.24) is 23.8 Å². The molecule has 1 saturated heterocycles. The van der Waals surface area contributed by atoms with Gasteiger partial charge in [0.25, 0.3) is 14.1 Å². The molecule has 5 atom stereocenters. The lowest BCUT2D eigenvalue weighted by Gasteiger charge is -2.48. The number of aromatic nitrogens is 2. The molecule has 1 aromatic heterocycles. The van der Waals surface area contributed by atoms with Gasteiger partial charge in [-0.2, -0.15) is 9.57 Å². The van der Waals surface area contributed by atoms with E-state index in [2.05, 4.69) is 92.9 Å². The molecule has 1 fully saturated rings. The first kappa shape index (κ1) is 68.3. The number of aryl methyl sites for hydroxylation is 2. The number of amides is 1. The number of halogens is 1. The second-order valence-corrected chi connectivity index (χ2v) is 30.1. The van der Waals surface area contributed by atoms with Crippen LogP contribution in [0.1, 0.15) is 146 Å². The van der Waals surface area contributed by atoms with Gasteiger partial charge in [0.05, 0.1) is 50.9 Å². The van der Waals surface area contributed by atoms with Gasteiger partial charge in [-0.05, 0) is 155 Å². The zero-order valence-electron chi connectivity index (χ0n) is 56.9. The van der Waals surface area contributed by atoms with Crippen LogP contribution in [0.5, 0.6) is 23.0 Å². The Balaban J connectivity index is 0.736. The Morgan fingerprint density at radius 2 is 1.39 bits per heavy atom. The van der Waals surface area contributed by atoms with Gasteiger partial charge in [0, 0.05) is 121 Å². The molecule has 0 saturated carbocycles. The van der Waals surface area contributed by atoms with Crippen molar-refractivity contribution >= 4 is 48.4 Å². The van der Waals surface area contributed by atoms with Gasteiger partial charge in [0.1, 0.15) is 63.0 Å². The number of nitriles is 1. The molecular formula is C77H84ClN8O11PS. The second kappa shape index (κ2) is 29.0. The fraction of sp³-hybridized carbons (Fsp3) is 0.429. The number of carbonyl (C=O) groups excluding carboxylic acids is 1. The maximum absolute atomic E-state index is 15.6. The molecule has 0 radical (unpaired) electrons. The number of nitrogens with one attached hydrogen (secondary N) is 2. The summed E-state index contributed by atoms with van der Waals surface area (Å²) in [5.74, 6) is 8.79. The van der Waals surface area contributed by atoms with E-state index in [4.69, 9.17) is 44.3 Å². The Morgan fingerprint density at radius 3 is 1.98 bits per heavy atom. The molecule has 8 heterocycles. The first-order chi connectivity index (χ1) is 48.1. The molecule has 14 rings (SSSR count). The molecule has 0 aliphatic carbocycles. The van der Waals surface area contributed by atoms with E-state index in [1.54, 1.807) is 14.2 Å². The molecule has 99 heavy (non-hydrogen) atoms. The highest BCUT2D eigenvalue weighted by Crippen LogP contribution is 2.64.